The average Bonchev–Trinajstić information content (AvgIpc) is 3.33. The van der Waals surface area contributed by atoms with Crippen molar-refractivity contribution in [2.24, 2.45) is 0 Å². The first-order valence-electron chi connectivity index (χ1n) is 8.64. The van der Waals surface area contributed by atoms with E-state index in [0.717, 1.165) is 17.4 Å². The Bertz CT molecular complexity index is 893. The molecule has 3 nitrogen and oxygen atoms in total. The van der Waals surface area contributed by atoms with Crippen molar-refractivity contribution in [2.45, 2.75) is 12.5 Å². The van der Waals surface area contributed by atoms with Crippen LogP contribution in [0.15, 0.2) is 70.5 Å². The number of hydrogen-bond acceptors (Lipinski definition) is 3. The molecule has 1 amide bonds. The van der Waals surface area contributed by atoms with Crippen molar-refractivity contribution in [3.63, 3.8) is 0 Å². The maximum atomic E-state index is 12.5. The molecule has 26 heavy (non-hydrogen) atoms. The van der Waals surface area contributed by atoms with E-state index in [1.165, 1.54) is 16.1 Å². The lowest BCUT2D eigenvalue weighted by Gasteiger charge is -2.30. The number of nitrogens with one attached hydrogen (secondary N) is 1. The fourth-order valence-electron chi connectivity index (χ4n) is 3.43. The molecule has 1 unspecified atom stereocenters. The third-order valence-corrected chi connectivity index (χ3v) is 6.24. The average molecular weight is 427 g/mol. The predicted molar refractivity (Wildman–Crippen MR) is 111 cm³/mol. The Morgan fingerprint density at radius 1 is 1.12 bits per heavy atom. The minimum Gasteiger partial charge on any atom is -0.361 e. The molecule has 1 aliphatic heterocycles. The van der Waals surface area contributed by atoms with Gasteiger partial charge in [-0.2, -0.15) is 0 Å². The van der Waals surface area contributed by atoms with E-state index in [-0.39, 0.29) is 11.9 Å². The number of benzene rings is 2. The number of halogens is 1. The quantitative estimate of drug-likeness (QED) is 0.619. The number of thiophene rings is 1. The van der Waals surface area contributed by atoms with Gasteiger partial charge in [0.15, 0.2) is 0 Å². The summed E-state index contributed by atoms with van der Waals surface area (Å²) in [6.07, 6.45) is 1.05. The van der Waals surface area contributed by atoms with Crippen LogP contribution in [-0.2, 0) is 6.42 Å². The first kappa shape index (κ1) is 17.3. The summed E-state index contributed by atoms with van der Waals surface area (Å²) in [4.78, 5) is 16.2. The molecule has 0 saturated heterocycles. The Kier molecular flexibility index (Phi) is 5.09. The van der Waals surface area contributed by atoms with E-state index in [1.54, 1.807) is 11.3 Å². The van der Waals surface area contributed by atoms with Crippen molar-refractivity contribution in [2.75, 3.05) is 18.0 Å². The smallest absolute Gasteiger partial charge is 0.251 e. The number of nitrogens with zero attached hydrogens (tertiary/aromatic N) is 1. The number of fused-ring (bicyclic) bond motifs is 1. The van der Waals surface area contributed by atoms with Crippen LogP contribution in [0.25, 0.3) is 0 Å². The molecule has 0 spiro atoms. The van der Waals surface area contributed by atoms with E-state index in [4.69, 9.17) is 0 Å². The van der Waals surface area contributed by atoms with Gasteiger partial charge in [-0.05, 0) is 53.8 Å². The number of anilines is 1. The third-order valence-electron chi connectivity index (χ3n) is 4.73. The SMILES string of the molecule is O=C(NCC(c1cccs1)N1CCc2ccccc21)c1ccc(Br)cc1. The van der Waals surface area contributed by atoms with Crippen LogP contribution in [0.1, 0.15) is 26.8 Å². The molecule has 0 fully saturated rings. The van der Waals surface area contributed by atoms with Crippen LogP contribution < -0.4 is 10.2 Å². The largest absolute Gasteiger partial charge is 0.361 e. The monoisotopic (exact) mass is 426 g/mol. The maximum absolute atomic E-state index is 12.5. The van der Waals surface area contributed by atoms with Gasteiger partial charge in [-0.15, -0.1) is 11.3 Å². The van der Waals surface area contributed by atoms with Crippen LogP contribution in [0.4, 0.5) is 5.69 Å². The van der Waals surface area contributed by atoms with Crippen LogP contribution in [0.2, 0.25) is 0 Å². The summed E-state index contributed by atoms with van der Waals surface area (Å²) >= 11 is 5.15. The highest BCUT2D eigenvalue weighted by molar-refractivity contribution is 9.10. The van der Waals surface area contributed by atoms with Crippen LogP contribution >= 0.6 is 27.3 Å². The fourth-order valence-corrected chi connectivity index (χ4v) is 4.53. The van der Waals surface area contributed by atoms with Gasteiger partial charge >= 0.3 is 0 Å². The number of carbonyl (C=O) groups excluding carboxylic acids is 1. The van der Waals surface area contributed by atoms with Gasteiger partial charge < -0.3 is 10.2 Å². The zero-order valence-corrected chi connectivity index (χ0v) is 16.6. The lowest BCUT2D eigenvalue weighted by molar-refractivity contribution is 0.0951. The normalized spacial score (nSPS) is 14.1. The molecule has 0 aliphatic carbocycles. The summed E-state index contributed by atoms with van der Waals surface area (Å²) in [5, 5.41) is 5.22. The lowest BCUT2D eigenvalue weighted by atomic mass is 10.1. The second kappa shape index (κ2) is 7.64. The summed E-state index contributed by atoms with van der Waals surface area (Å²) in [5.41, 5.74) is 3.34. The maximum Gasteiger partial charge on any atom is 0.251 e. The highest BCUT2D eigenvalue weighted by Gasteiger charge is 2.28. The van der Waals surface area contributed by atoms with Crippen molar-refractivity contribution in [1.82, 2.24) is 5.32 Å². The molecule has 2 aromatic carbocycles. The van der Waals surface area contributed by atoms with Gasteiger partial charge in [0.05, 0.1) is 6.04 Å². The molecule has 1 atom stereocenters. The topological polar surface area (TPSA) is 32.3 Å². The molecule has 132 valence electrons. The Hall–Kier alpha value is -2.11. The first-order valence-corrected chi connectivity index (χ1v) is 10.3. The Balaban J connectivity index is 1.54. The molecule has 5 heteroatoms. The van der Waals surface area contributed by atoms with Crippen molar-refractivity contribution >= 4 is 38.9 Å². The van der Waals surface area contributed by atoms with Gasteiger partial charge in [0, 0.05) is 33.7 Å². The zero-order chi connectivity index (χ0) is 17.9. The highest BCUT2D eigenvalue weighted by Crippen LogP contribution is 2.36. The third kappa shape index (κ3) is 3.55. The van der Waals surface area contributed by atoms with Crippen molar-refractivity contribution < 1.29 is 4.79 Å². The summed E-state index contributed by atoms with van der Waals surface area (Å²) in [6, 6.07) is 20.4. The molecule has 2 heterocycles. The zero-order valence-electron chi connectivity index (χ0n) is 14.2. The second-order valence-electron chi connectivity index (χ2n) is 6.32. The molecule has 1 N–H and O–H groups in total. The first-order chi connectivity index (χ1) is 12.7. The van der Waals surface area contributed by atoms with Gasteiger partial charge in [-0.25, -0.2) is 0 Å². The Labute approximate surface area is 165 Å². The fraction of sp³-hybridized carbons (Fsp3) is 0.190. The van der Waals surface area contributed by atoms with E-state index in [0.29, 0.717) is 12.1 Å². The van der Waals surface area contributed by atoms with E-state index >= 15 is 0 Å². The second-order valence-corrected chi connectivity index (χ2v) is 8.22. The van der Waals surface area contributed by atoms with Gasteiger partial charge in [0.1, 0.15) is 0 Å². The van der Waals surface area contributed by atoms with Gasteiger partial charge in [-0.1, -0.05) is 40.2 Å². The van der Waals surface area contributed by atoms with Crippen LogP contribution in [0.5, 0.6) is 0 Å². The summed E-state index contributed by atoms with van der Waals surface area (Å²) < 4.78 is 0.971. The molecule has 0 radical (unpaired) electrons. The number of carbonyl (C=O) groups is 1. The number of hydrogen-bond donors (Lipinski definition) is 1. The van der Waals surface area contributed by atoms with Gasteiger partial charge in [0.2, 0.25) is 0 Å². The van der Waals surface area contributed by atoms with E-state index < -0.39 is 0 Å². The molecule has 1 aromatic heterocycles. The van der Waals surface area contributed by atoms with Gasteiger partial charge in [-0.3, -0.25) is 4.79 Å². The summed E-state index contributed by atoms with van der Waals surface area (Å²) in [6.45, 7) is 1.57. The number of amides is 1. The highest BCUT2D eigenvalue weighted by atomic mass is 79.9. The molecule has 3 aromatic rings. The molecule has 0 saturated carbocycles. The number of rotatable bonds is 5. The molecular weight excluding hydrogens is 408 g/mol. The van der Waals surface area contributed by atoms with Crippen LogP contribution in [0.3, 0.4) is 0 Å². The molecule has 1 aliphatic rings. The van der Waals surface area contributed by atoms with E-state index in [2.05, 4.69) is 67.9 Å². The number of para-hydroxylation sites is 1. The molecule has 0 bridgehead atoms. The minimum atomic E-state index is -0.0356. The predicted octanol–water partition coefficient (Wildman–Crippen LogP) is 5.04. The van der Waals surface area contributed by atoms with Crippen molar-refractivity contribution in [3.05, 3.63) is 86.5 Å². The Morgan fingerprint density at radius 3 is 2.69 bits per heavy atom. The van der Waals surface area contributed by atoms with Gasteiger partial charge in [0.25, 0.3) is 5.91 Å². The summed E-state index contributed by atoms with van der Waals surface area (Å²) in [5.74, 6) is -0.0356. The lowest BCUT2D eigenvalue weighted by Crippen LogP contribution is -2.37. The molecular formula is C21H19BrN2OS. The summed E-state index contributed by atoms with van der Waals surface area (Å²) in [7, 11) is 0. The Morgan fingerprint density at radius 2 is 1.92 bits per heavy atom. The van der Waals surface area contributed by atoms with E-state index in [9.17, 15) is 4.79 Å². The minimum absolute atomic E-state index is 0.0356. The standard InChI is InChI=1S/C21H19BrN2OS/c22-17-9-7-16(8-10-17)21(25)23-14-19(20-6-3-13-26-20)24-12-11-15-4-1-2-5-18(15)24/h1-10,13,19H,11-12,14H2,(H,23,25). The molecule has 4 rings (SSSR count). The van der Waals surface area contributed by atoms with Crippen LogP contribution in [0, 0.1) is 0 Å². The van der Waals surface area contributed by atoms with Crippen molar-refractivity contribution in [3.8, 4) is 0 Å². The van der Waals surface area contributed by atoms with Crippen LogP contribution in [-0.4, -0.2) is 19.0 Å². The van der Waals surface area contributed by atoms with Crippen molar-refractivity contribution in [1.29, 1.82) is 0 Å². The van der Waals surface area contributed by atoms with E-state index in [1.807, 2.05) is 24.3 Å².